The molecule has 0 N–H and O–H groups in total. The van der Waals surface area contributed by atoms with E-state index in [0.29, 0.717) is 5.41 Å². The van der Waals surface area contributed by atoms with E-state index in [2.05, 4.69) is 37.2 Å². The lowest BCUT2D eigenvalue weighted by atomic mass is 9.89. The molecule has 1 heterocycles. The highest BCUT2D eigenvalue weighted by Crippen LogP contribution is 2.21. The normalized spacial score (nSPS) is 17.4. The van der Waals surface area contributed by atoms with E-state index in [4.69, 9.17) is 0 Å². The standard InChI is InChI=1S/C10H15NS/c1-10(2,3)8-9-4-6-12-7-5-11-9/h4-7H,8H2,1-3H3. The lowest BCUT2D eigenvalue weighted by molar-refractivity contribution is 0.434. The smallest absolute Gasteiger partial charge is 0.0414 e. The highest BCUT2D eigenvalue weighted by atomic mass is 32.2. The first-order valence-electron chi connectivity index (χ1n) is 4.12. The van der Waals surface area contributed by atoms with Crippen LogP contribution in [0.4, 0.5) is 0 Å². The number of nitrogens with zero attached hydrogens (tertiary/aromatic N) is 1. The number of hydrogen-bond acceptors (Lipinski definition) is 2. The average molecular weight is 181 g/mol. The minimum Gasteiger partial charge on any atom is -0.261 e. The molecule has 1 rings (SSSR count). The summed E-state index contributed by atoms with van der Waals surface area (Å²) in [5.41, 5.74) is 1.50. The Labute approximate surface area is 78.7 Å². The van der Waals surface area contributed by atoms with Gasteiger partial charge in [-0.2, -0.15) is 0 Å². The van der Waals surface area contributed by atoms with Crippen LogP contribution in [0, 0.1) is 5.41 Å². The second-order valence-corrected chi connectivity index (χ2v) is 4.90. The first-order chi connectivity index (χ1) is 5.58. The molecule has 0 aromatic carbocycles. The van der Waals surface area contributed by atoms with Crippen molar-refractivity contribution in [2.45, 2.75) is 27.2 Å². The number of thioether (sulfide) groups is 1. The van der Waals surface area contributed by atoms with Gasteiger partial charge in [-0.05, 0) is 28.7 Å². The summed E-state index contributed by atoms with van der Waals surface area (Å²) in [6.07, 6.45) is 5.00. The Bertz CT molecular complexity index is 231. The molecule has 0 spiro atoms. The topological polar surface area (TPSA) is 12.4 Å². The van der Waals surface area contributed by atoms with Crippen molar-refractivity contribution in [3.8, 4) is 0 Å². The zero-order chi connectivity index (χ0) is 9.03. The summed E-state index contributed by atoms with van der Waals surface area (Å²) in [6.45, 7) is 6.68. The van der Waals surface area contributed by atoms with Crippen LogP contribution >= 0.6 is 11.8 Å². The van der Waals surface area contributed by atoms with Crippen molar-refractivity contribution in [2.24, 2.45) is 10.4 Å². The van der Waals surface area contributed by atoms with E-state index < -0.39 is 0 Å². The van der Waals surface area contributed by atoms with Gasteiger partial charge in [-0.3, -0.25) is 4.99 Å². The predicted molar refractivity (Wildman–Crippen MR) is 57.4 cm³/mol. The molecule has 0 bridgehead atoms. The number of aliphatic imine (C=N–C) groups is 1. The average Bonchev–Trinajstić information content (AvgIpc) is 2.12. The van der Waals surface area contributed by atoms with Crippen molar-refractivity contribution >= 4 is 17.5 Å². The zero-order valence-electron chi connectivity index (χ0n) is 7.87. The molecular formula is C10H15NS. The van der Waals surface area contributed by atoms with E-state index in [1.165, 1.54) is 5.71 Å². The highest BCUT2D eigenvalue weighted by molar-refractivity contribution is 8.04. The Morgan fingerprint density at radius 2 is 2.08 bits per heavy atom. The van der Waals surface area contributed by atoms with Gasteiger partial charge in [0.25, 0.3) is 0 Å². The molecule has 0 aliphatic carbocycles. The largest absolute Gasteiger partial charge is 0.261 e. The minimum absolute atomic E-state index is 0.325. The molecule has 0 fully saturated rings. The van der Waals surface area contributed by atoms with E-state index in [1.54, 1.807) is 11.8 Å². The Morgan fingerprint density at radius 3 is 2.75 bits per heavy atom. The Hall–Kier alpha value is -0.500. The second kappa shape index (κ2) is 3.94. The van der Waals surface area contributed by atoms with Crippen molar-refractivity contribution in [3.63, 3.8) is 0 Å². The molecule has 0 unspecified atom stereocenters. The van der Waals surface area contributed by atoms with Gasteiger partial charge in [0.15, 0.2) is 0 Å². The Morgan fingerprint density at radius 1 is 1.33 bits per heavy atom. The molecule has 1 nitrogen and oxygen atoms in total. The maximum atomic E-state index is 4.34. The van der Waals surface area contributed by atoms with Gasteiger partial charge in [-0.15, -0.1) is 11.8 Å². The van der Waals surface area contributed by atoms with Crippen LogP contribution in [0.1, 0.15) is 27.2 Å². The minimum atomic E-state index is 0.325. The first-order valence-corrected chi connectivity index (χ1v) is 5.06. The van der Waals surface area contributed by atoms with Gasteiger partial charge >= 0.3 is 0 Å². The van der Waals surface area contributed by atoms with Gasteiger partial charge in [0, 0.05) is 11.9 Å². The molecule has 2 heteroatoms. The van der Waals surface area contributed by atoms with Gasteiger partial charge in [0.05, 0.1) is 0 Å². The van der Waals surface area contributed by atoms with E-state index in [0.717, 1.165) is 6.42 Å². The summed E-state index contributed by atoms with van der Waals surface area (Å²) in [7, 11) is 0. The van der Waals surface area contributed by atoms with Gasteiger partial charge in [0.1, 0.15) is 0 Å². The predicted octanol–water partition coefficient (Wildman–Crippen LogP) is 3.60. The monoisotopic (exact) mass is 181 g/mol. The van der Waals surface area contributed by atoms with Crippen LogP contribution in [0.5, 0.6) is 0 Å². The third-order valence-corrected chi connectivity index (χ3v) is 2.00. The third-order valence-electron chi connectivity index (χ3n) is 1.43. The fraction of sp³-hybridized carbons (Fsp3) is 0.500. The second-order valence-electron chi connectivity index (χ2n) is 4.08. The van der Waals surface area contributed by atoms with Crippen molar-refractivity contribution in [3.05, 3.63) is 23.1 Å². The summed E-state index contributed by atoms with van der Waals surface area (Å²) < 4.78 is 0. The number of allylic oxidation sites excluding steroid dienone is 1. The van der Waals surface area contributed by atoms with Gasteiger partial charge in [-0.1, -0.05) is 20.8 Å². The van der Waals surface area contributed by atoms with Gasteiger partial charge < -0.3 is 0 Å². The van der Waals surface area contributed by atoms with Crippen LogP contribution < -0.4 is 0 Å². The zero-order valence-corrected chi connectivity index (χ0v) is 8.69. The lowest BCUT2D eigenvalue weighted by Crippen LogP contribution is -2.10. The molecule has 66 valence electrons. The number of hydrogen-bond donors (Lipinski definition) is 0. The van der Waals surface area contributed by atoms with E-state index >= 15 is 0 Å². The first kappa shape index (κ1) is 9.59. The van der Waals surface area contributed by atoms with Crippen molar-refractivity contribution in [1.29, 1.82) is 0 Å². The Balaban J connectivity index is 2.62. The van der Waals surface area contributed by atoms with Gasteiger partial charge in [-0.25, -0.2) is 0 Å². The lowest BCUT2D eigenvalue weighted by Gasteiger charge is -2.17. The molecule has 1 aliphatic rings. The van der Waals surface area contributed by atoms with E-state index in [1.807, 2.05) is 11.6 Å². The van der Waals surface area contributed by atoms with Crippen LogP contribution in [-0.2, 0) is 0 Å². The molecule has 0 atom stereocenters. The van der Waals surface area contributed by atoms with E-state index in [9.17, 15) is 0 Å². The van der Waals surface area contributed by atoms with Crippen molar-refractivity contribution < 1.29 is 0 Å². The van der Waals surface area contributed by atoms with Gasteiger partial charge in [0.2, 0.25) is 0 Å². The summed E-state index contributed by atoms with van der Waals surface area (Å²) in [4.78, 5) is 4.34. The molecular weight excluding hydrogens is 166 g/mol. The van der Waals surface area contributed by atoms with Crippen molar-refractivity contribution in [1.82, 2.24) is 0 Å². The van der Waals surface area contributed by atoms with E-state index in [-0.39, 0.29) is 0 Å². The molecule has 1 aliphatic heterocycles. The van der Waals surface area contributed by atoms with Crippen LogP contribution in [-0.4, -0.2) is 5.71 Å². The molecule has 0 radical (unpaired) electrons. The molecule has 0 saturated carbocycles. The maximum absolute atomic E-state index is 4.34. The highest BCUT2D eigenvalue weighted by Gasteiger charge is 2.12. The van der Waals surface area contributed by atoms with Crippen LogP contribution in [0.15, 0.2) is 28.1 Å². The summed E-state index contributed by atoms with van der Waals surface area (Å²) in [5, 5.41) is 4.07. The summed E-state index contributed by atoms with van der Waals surface area (Å²) in [5.74, 6) is 0. The van der Waals surface area contributed by atoms with Crippen LogP contribution in [0.3, 0.4) is 0 Å². The summed E-state index contributed by atoms with van der Waals surface area (Å²) >= 11 is 1.67. The molecule has 0 amide bonds. The Kier molecular flexibility index (Phi) is 3.15. The summed E-state index contributed by atoms with van der Waals surface area (Å²) in [6, 6.07) is 0. The van der Waals surface area contributed by atoms with Crippen LogP contribution in [0.25, 0.3) is 0 Å². The van der Waals surface area contributed by atoms with Crippen molar-refractivity contribution in [2.75, 3.05) is 0 Å². The van der Waals surface area contributed by atoms with Crippen LogP contribution in [0.2, 0.25) is 0 Å². The maximum Gasteiger partial charge on any atom is 0.0414 e. The molecule has 12 heavy (non-hydrogen) atoms. The fourth-order valence-electron chi connectivity index (χ4n) is 1.02. The molecule has 0 aromatic heterocycles. The quantitative estimate of drug-likeness (QED) is 0.602. The number of rotatable bonds is 1. The third kappa shape index (κ3) is 3.77. The molecule has 0 aromatic rings. The SMILES string of the molecule is CC(C)(C)CC1=NC=CSC=C1. The molecule has 0 saturated heterocycles. The fourth-order valence-corrected chi connectivity index (χ4v) is 1.47.